The van der Waals surface area contributed by atoms with E-state index in [2.05, 4.69) is 15.3 Å². The van der Waals surface area contributed by atoms with Crippen LogP contribution >= 0.6 is 0 Å². The fourth-order valence-corrected chi connectivity index (χ4v) is 1.76. The van der Waals surface area contributed by atoms with Crippen LogP contribution in [0.5, 0.6) is 0 Å². The molecule has 78 valence electrons. The van der Waals surface area contributed by atoms with E-state index >= 15 is 0 Å². The second-order valence-electron chi connectivity index (χ2n) is 3.57. The highest BCUT2D eigenvalue weighted by Gasteiger charge is 2.19. The monoisotopic (exact) mass is 201 g/mol. The molecule has 0 bridgehead atoms. The van der Waals surface area contributed by atoms with Gasteiger partial charge in [-0.15, -0.1) is 0 Å². The van der Waals surface area contributed by atoms with E-state index < -0.39 is 6.43 Å². The number of aromatic nitrogens is 2. The SMILES string of the molecule is FC(F)c1cnc(C2CCCNC2)[nH]1. The van der Waals surface area contributed by atoms with Gasteiger partial charge in [0, 0.05) is 12.5 Å². The lowest BCUT2D eigenvalue weighted by Gasteiger charge is -2.20. The Balaban J connectivity index is 2.07. The Morgan fingerprint density at radius 3 is 2.93 bits per heavy atom. The van der Waals surface area contributed by atoms with Gasteiger partial charge in [0.15, 0.2) is 0 Å². The van der Waals surface area contributed by atoms with Crippen molar-refractivity contribution >= 4 is 0 Å². The average molecular weight is 201 g/mol. The van der Waals surface area contributed by atoms with E-state index in [1.807, 2.05) is 0 Å². The lowest BCUT2D eigenvalue weighted by Crippen LogP contribution is -2.28. The van der Waals surface area contributed by atoms with E-state index in [9.17, 15) is 8.78 Å². The minimum absolute atomic E-state index is 0.0782. The third kappa shape index (κ3) is 1.92. The summed E-state index contributed by atoms with van der Waals surface area (Å²) >= 11 is 0. The Hall–Kier alpha value is -0.970. The van der Waals surface area contributed by atoms with E-state index in [0.29, 0.717) is 5.82 Å². The van der Waals surface area contributed by atoms with Gasteiger partial charge < -0.3 is 10.3 Å². The van der Waals surface area contributed by atoms with Gasteiger partial charge in [-0.25, -0.2) is 13.8 Å². The maximum absolute atomic E-state index is 12.3. The summed E-state index contributed by atoms with van der Waals surface area (Å²) < 4.78 is 24.5. The predicted molar refractivity (Wildman–Crippen MR) is 48.4 cm³/mol. The largest absolute Gasteiger partial charge is 0.341 e. The molecule has 0 amide bonds. The van der Waals surface area contributed by atoms with E-state index in [-0.39, 0.29) is 11.6 Å². The Morgan fingerprint density at radius 1 is 1.50 bits per heavy atom. The fourth-order valence-electron chi connectivity index (χ4n) is 1.76. The number of piperidine rings is 1. The molecule has 0 spiro atoms. The highest BCUT2D eigenvalue weighted by Crippen LogP contribution is 2.23. The number of hydrogen-bond donors (Lipinski definition) is 2. The molecule has 3 nitrogen and oxygen atoms in total. The first-order chi connectivity index (χ1) is 6.77. The second-order valence-corrected chi connectivity index (χ2v) is 3.57. The third-order valence-corrected chi connectivity index (χ3v) is 2.53. The zero-order chi connectivity index (χ0) is 9.97. The summed E-state index contributed by atoms with van der Waals surface area (Å²) in [5, 5.41) is 3.22. The number of alkyl halides is 2. The first-order valence-electron chi connectivity index (χ1n) is 4.81. The minimum Gasteiger partial charge on any atom is -0.341 e. The van der Waals surface area contributed by atoms with Crippen molar-refractivity contribution in [2.24, 2.45) is 0 Å². The smallest absolute Gasteiger partial charge is 0.279 e. The number of nitrogens with one attached hydrogen (secondary N) is 2. The van der Waals surface area contributed by atoms with Gasteiger partial charge in [0.05, 0.1) is 6.20 Å². The zero-order valence-electron chi connectivity index (χ0n) is 7.76. The first kappa shape index (κ1) is 9.58. The topological polar surface area (TPSA) is 40.7 Å². The van der Waals surface area contributed by atoms with Crippen molar-refractivity contribution in [2.45, 2.75) is 25.2 Å². The molecule has 0 aromatic carbocycles. The fraction of sp³-hybridized carbons (Fsp3) is 0.667. The Kier molecular flexibility index (Phi) is 2.77. The summed E-state index contributed by atoms with van der Waals surface area (Å²) in [5.74, 6) is 0.948. The van der Waals surface area contributed by atoms with Crippen LogP contribution in [-0.2, 0) is 0 Å². The molecule has 1 saturated heterocycles. The van der Waals surface area contributed by atoms with Crippen molar-refractivity contribution in [3.05, 3.63) is 17.7 Å². The molecule has 2 rings (SSSR count). The normalized spacial score (nSPS) is 22.9. The van der Waals surface area contributed by atoms with Crippen LogP contribution in [0.15, 0.2) is 6.20 Å². The maximum Gasteiger partial charge on any atom is 0.279 e. The molecule has 5 heteroatoms. The van der Waals surface area contributed by atoms with Crippen molar-refractivity contribution in [3.63, 3.8) is 0 Å². The zero-order valence-corrected chi connectivity index (χ0v) is 7.76. The van der Waals surface area contributed by atoms with E-state index in [1.165, 1.54) is 6.20 Å². The summed E-state index contributed by atoms with van der Waals surface area (Å²) in [5.41, 5.74) is -0.0782. The molecule has 1 unspecified atom stereocenters. The highest BCUT2D eigenvalue weighted by atomic mass is 19.3. The Bertz CT molecular complexity index is 292. The molecule has 1 aliphatic heterocycles. The van der Waals surface area contributed by atoms with Crippen LogP contribution < -0.4 is 5.32 Å². The Morgan fingerprint density at radius 2 is 2.36 bits per heavy atom. The molecule has 1 aromatic heterocycles. The highest BCUT2D eigenvalue weighted by molar-refractivity contribution is 5.07. The number of halogens is 2. The molecule has 0 saturated carbocycles. The van der Waals surface area contributed by atoms with E-state index in [0.717, 1.165) is 25.9 Å². The molecular weight excluding hydrogens is 188 g/mol. The predicted octanol–water partition coefficient (Wildman–Crippen LogP) is 1.81. The number of H-pyrrole nitrogens is 1. The van der Waals surface area contributed by atoms with Gasteiger partial charge in [0.2, 0.25) is 0 Å². The summed E-state index contributed by atoms with van der Waals surface area (Å²) in [6.07, 6.45) is 0.875. The van der Waals surface area contributed by atoms with Crippen LogP contribution in [0.25, 0.3) is 0 Å². The number of rotatable bonds is 2. The third-order valence-electron chi connectivity index (χ3n) is 2.53. The lowest BCUT2D eigenvalue weighted by atomic mass is 9.99. The van der Waals surface area contributed by atoms with Gasteiger partial charge in [-0.3, -0.25) is 0 Å². The van der Waals surface area contributed by atoms with E-state index in [1.54, 1.807) is 0 Å². The second kappa shape index (κ2) is 4.04. The van der Waals surface area contributed by atoms with Crippen LogP contribution in [0.2, 0.25) is 0 Å². The molecule has 0 radical (unpaired) electrons. The van der Waals surface area contributed by atoms with Crippen molar-refractivity contribution < 1.29 is 8.78 Å². The van der Waals surface area contributed by atoms with E-state index in [4.69, 9.17) is 0 Å². The van der Waals surface area contributed by atoms with Crippen LogP contribution in [0.1, 0.15) is 36.7 Å². The van der Waals surface area contributed by atoms with Crippen LogP contribution in [0.3, 0.4) is 0 Å². The van der Waals surface area contributed by atoms with Gasteiger partial charge in [-0.2, -0.15) is 0 Å². The minimum atomic E-state index is -2.45. The first-order valence-corrected chi connectivity index (χ1v) is 4.81. The number of hydrogen-bond acceptors (Lipinski definition) is 2. The van der Waals surface area contributed by atoms with Crippen LogP contribution in [0.4, 0.5) is 8.78 Å². The summed E-state index contributed by atoms with van der Waals surface area (Å²) in [4.78, 5) is 6.67. The van der Waals surface area contributed by atoms with Crippen molar-refractivity contribution in [2.75, 3.05) is 13.1 Å². The summed E-state index contributed by atoms with van der Waals surface area (Å²) in [6, 6.07) is 0. The van der Waals surface area contributed by atoms with Crippen LogP contribution in [0, 0.1) is 0 Å². The lowest BCUT2D eigenvalue weighted by molar-refractivity contribution is 0.146. The molecule has 2 N–H and O–H groups in total. The quantitative estimate of drug-likeness (QED) is 0.766. The summed E-state index contributed by atoms with van der Waals surface area (Å²) in [6.45, 7) is 1.84. The molecule has 1 aromatic rings. The van der Waals surface area contributed by atoms with Gasteiger partial charge >= 0.3 is 0 Å². The maximum atomic E-state index is 12.3. The Labute approximate surface area is 80.9 Å². The molecular formula is C9H13F2N3. The van der Waals surface area contributed by atoms with Crippen molar-refractivity contribution in [1.82, 2.24) is 15.3 Å². The standard InChI is InChI=1S/C9H13F2N3/c10-8(11)7-5-13-9(14-7)6-2-1-3-12-4-6/h5-6,8,12H,1-4H2,(H,13,14). The molecule has 1 fully saturated rings. The van der Waals surface area contributed by atoms with Gasteiger partial charge in [0.25, 0.3) is 6.43 Å². The number of aromatic amines is 1. The van der Waals surface area contributed by atoms with Gasteiger partial charge in [-0.05, 0) is 19.4 Å². The number of nitrogens with zero attached hydrogens (tertiary/aromatic N) is 1. The molecule has 1 aliphatic rings. The number of imidazole rings is 1. The van der Waals surface area contributed by atoms with Crippen molar-refractivity contribution in [1.29, 1.82) is 0 Å². The molecule has 0 aliphatic carbocycles. The van der Waals surface area contributed by atoms with Gasteiger partial charge in [0.1, 0.15) is 11.5 Å². The summed E-state index contributed by atoms with van der Waals surface area (Å²) in [7, 11) is 0. The molecule has 1 atom stereocenters. The van der Waals surface area contributed by atoms with Crippen LogP contribution in [-0.4, -0.2) is 23.1 Å². The van der Waals surface area contributed by atoms with Gasteiger partial charge in [-0.1, -0.05) is 0 Å². The molecule has 2 heterocycles. The average Bonchev–Trinajstić information content (AvgIpc) is 2.68. The van der Waals surface area contributed by atoms with Crippen molar-refractivity contribution in [3.8, 4) is 0 Å². The molecule has 14 heavy (non-hydrogen) atoms.